The number of hydrogen-bond donors (Lipinski definition) is 1. The summed E-state index contributed by atoms with van der Waals surface area (Å²) in [6.45, 7) is 0. The lowest BCUT2D eigenvalue weighted by Crippen LogP contribution is -2.03. The lowest BCUT2D eigenvalue weighted by atomic mass is 10.1. The van der Waals surface area contributed by atoms with Crippen molar-refractivity contribution >= 4 is 39.3 Å². The van der Waals surface area contributed by atoms with Crippen LogP contribution < -0.4 is 20.4 Å². The Bertz CT molecular complexity index is 1530. The van der Waals surface area contributed by atoms with E-state index in [1.54, 1.807) is 30.7 Å². The molecule has 2 heterocycles. The molecule has 1 N–H and O–H groups in total. The van der Waals surface area contributed by atoms with Crippen molar-refractivity contribution in [1.82, 2.24) is 4.98 Å². The summed E-state index contributed by atoms with van der Waals surface area (Å²) in [7, 11) is 3.07. The third-order valence-corrected chi connectivity index (χ3v) is 5.71. The van der Waals surface area contributed by atoms with E-state index in [1.165, 1.54) is 48.9 Å². The normalized spacial score (nSPS) is 11.1. The van der Waals surface area contributed by atoms with Crippen LogP contribution in [0.5, 0.6) is 11.5 Å². The standard InChI is InChI=1S/C23H16N4O6S/c1-31-16-4-5-18(21(9-16)32-2)25-11-14(10-24)22-26-19(12-34-22)17-8-13-7-15(27(29)30)3-6-20(13)33-23(17)28/h3-9,11-12,25H,1-2H3/b14-11-. The Morgan fingerprint density at radius 2 is 2.06 bits per heavy atom. The molecule has 2 aromatic heterocycles. The number of benzene rings is 2. The highest BCUT2D eigenvalue weighted by atomic mass is 32.1. The van der Waals surface area contributed by atoms with Crippen molar-refractivity contribution in [1.29, 1.82) is 5.26 Å². The first-order chi connectivity index (χ1) is 16.4. The number of ether oxygens (including phenoxy) is 2. The second-order valence-corrected chi connectivity index (χ2v) is 7.70. The minimum Gasteiger partial charge on any atom is -0.497 e. The second-order valence-electron chi connectivity index (χ2n) is 6.85. The molecule has 4 aromatic rings. The number of rotatable bonds is 7. The molecule has 11 heteroatoms. The number of nitro benzene ring substituents is 1. The summed E-state index contributed by atoms with van der Waals surface area (Å²) in [5.74, 6) is 1.14. The summed E-state index contributed by atoms with van der Waals surface area (Å²) >= 11 is 1.17. The highest BCUT2D eigenvalue weighted by Crippen LogP contribution is 2.31. The van der Waals surface area contributed by atoms with E-state index in [1.807, 2.05) is 0 Å². The molecule has 170 valence electrons. The van der Waals surface area contributed by atoms with Gasteiger partial charge in [0.2, 0.25) is 0 Å². The van der Waals surface area contributed by atoms with E-state index in [-0.39, 0.29) is 22.4 Å². The molecule has 0 fully saturated rings. The molecule has 0 saturated heterocycles. The highest BCUT2D eigenvalue weighted by molar-refractivity contribution is 7.11. The van der Waals surface area contributed by atoms with Gasteiger partial charge >= 0.3 is 5.63 Å². The number of allylic oxidation sites excluding steroid dienone is 1. The zero-order valence-corrected chi connectivity index (χ0v) is 18.7. The van der Waals surface area contributed by atoms with Crippen molar-refractivity contribution < 1.29 is 18.8 Å². The van der Waals surface area contributed by atoms with Crippen molar-refractivity contribution in [2.24, 2.45) is 0 Å². The fourth-order valence-electron chi connectivity index (χ4n) is 3.13. The van der Waals surface area contributed by atoms with E-state index >= 15 is 0 Å². The molecular formula is C23H16N4O6S. The third-order valence-electron chi connectivity index (χ3n) is 4.84. The number of methoxy groups -OCH3 is 2. The summed E-state index contributed by atoms with van der Waals surface area (Å²) < 4.78 is 15.8. The van der Waals surface area contributed by atoms with Crippen molar-refractivity contribution in [2.45, 2.75) is 0 Å². The van der Waals surface area contributed by atoms with Crippen LogP contribution in [0.15, 0.2) is 63.3 Å². The number of nitrogens with one attached hydrogen (secondary N) is 1. The number of hydrogen-bond acceptors (Lipinski definition) is 10. The van der Waals surface area contributed by atoms with Crippen LogP contribution >= 0.6 is 11.3 Å². The first-order valence-corrected chi connectivity index (χ1v) is 10.6. The van der Waals surface area contributed by atoms with E-state index in [2.05, 4.69) is 16.4 Å². The molecule has 0 aliphatic heterocycles. The number of thiazole rings is 1. The second kappa shape index (κ2) is 9.43. The Morgan fingerprint density at radius 1 is 1.24 bits per heavy atom. The van der Waals surface area contributed by atoms with Gasteiger partial charge in [-0.05, 0) is 24.3 Å². The number of aromatic nitrogens is 1. The molecule has 0 radical (unpaired) electrons. The van der Waals surface area contributed by atoms with Gasteiger partial charge in [-0.1, -0.05) is 0 Å². The van der Waals surface area contributed by atoms with E-state index in [4.69, 9.17) is 13.9 Å². The smallest absolute Gasteiger partial charge is 0.345 e. The van der Waals surface area contributed by atoms with Crippen LogP contribution in [0.2, 0.25) is 0 Å². The van der Waals surface area contributed by atoms with Gasteiger partial charge < -0.3 is 19.2 Å². The van der Waals surface area contributed by atoms with Gasteiger partial charge in [-0.15, -0.1) is 11.3 Å². The van der Waals surface area contributed by atoms with Gasteiger partial charge in [0.05, 0.1) is 36.1 Å². The molecule has 0 unspecified atom stereocenters. The van der Waals surface area contributed by atoms with Crippen LogP contribution in [0.3, 0.4) is 0 Å². The van der Waals surface area contributed by atoms with Crippen LogP contribution in [0, 0.1) is 21.4 Å². The van der Waals surface area contributed by atoms with Gasteiger partial charge in [-0.25, -0.2) is 9.78 Å². The van der Waals surface area contributed by atoms with Crippen LogP contribution in [0.4, 0.5) is 11.4 Å². The van der Waals surface area contributed by atoms with Crippen molar-refractivity contribution in [3.63, 3.8) is 0 Å². The zero-order chi connectivity index (χ0) is 24.2. The molecule has 0 bridgehead atoms. The van der Waals surface area contributed by atoms with Gasteiger partial charge in [0.15, 0.2) is 0 Å². The number of nitro groups is 1. The Labute approximate surface area is 196 Å². The third kappa shape index (κ3) is 4.43. The van der Waals surface area contributed by atoms with Crippen molar-refractivity contribution in [2.75, 3.05) is 19.5 Å². The molecule has 0 atom stereocenters. The minimum atomic E-state index is -0.637. The number of fused-ring (bicyclic) bond motifs is 1. The van der Waals surface area contributed by atoms with Crippen LogP contribution in [-0.2, 0) is 0 Å². The molecule has 0 amide bonds. The molecule has 0 aliphatic carbocycles. The summed E-state index contributed by atoms with van der Waals surface area (Å²) in [6.07, 6.45) is 1.49. The fraction of sp³-hybridized carbons (Fsp3) is 0.0870. The van der Waals surface area contributed by atoms with Gasteiger partial charge in [-0.2, -0.15) is 5.26 Å². The molecule has 0 aliphatic rings. The first-order valence-electron chi connectivity index (χ1n) is 9.71. The molecule has 0 saturated carbocycles. The monoisotopic (exact) mass is 476 g/mol. The van der Waals surface area contributed by atoms with E-state index in [0.717, 1.165) is 0 Å². The molecule has 10 nitrogen and oxygen atoms in total. The SMILES string of the molecule is COc1ccc(N/C=C(/C#N)c2nc(-c3cc4cc([N+](=O)[O-])ccc4oc3=O)cs2)c(OC)c1. The lowest BCUT2D eigenvalue weighted by Gasteiger charge is -2.10. The predicted octanol–water partition coefficient (Wildman–Crippen LogP) is 4.82. The lowest BCUT2D eigenvalue weighted by molar-refractivity contribution is -0.384. The molecule has 4 rings (SSSR count). The van der Waals surface area contributed by atoms with Crippen molar-refractivity contribution in [3.8, 4) is 28.8 Å². The molecule has 2 aromatic carbocycles. The Balaban J connectivity index is 1.66. The number of nitrogens with zero attached hydrogens (tertiary/aromatic N) is 3. The van der Waals surface area contributed by atoms with E-state index in [0.29, 0.717) is 33.3 Å². The van der Waals surface area contributed by atoms with Crippen LogP contribution in [0.1, 0.15) is 5.01 Å². The number of anilines is 1. The van der Waals surface area contributed by atoms with E-state index < -0.39 is 10.5 Å². The minimum absolute atomic E-state index is 0.124. The highest BCUT2D eigenvalue weighted by Gasteiger charge is 2.16. The first kappa shape index (κ1) is 22.5. The summed E-state index contributed by atoms with van der Waals surface area (Å²) in [4.78, 5) is 27.4. The van der Waals surface area contributed by atoms with Gasteiger partial charge in [0, 0.05) is 35.2 Å². The molecule has 0 spiro atoms. The maximum absolute atomic E-state index is 12.5. The number of non-ortho nitro benzene ring substituents is 1. The van der Waals surface area contributed by atoms with Crippen LogP contribution in [-0.4, -0.2) is 24.1 Å². The number of nitriles is 1. The Morgan fingerprint density at radius 3 is 2.76 bits per heavy atom. The fourth-order valence-corrected chi connectivity index (χ4v) is 3.92. The quantitative estimate of drug-likeness (QED) is 0.172. The van der Waals surface area contributed by atoms with Crippen LogP contribution in [0.25, 0.3) is 27.8 Å². The van der Waals surface area contributed by atoms with Gasteiger partial charge in [-0.3, -0.25) is 10.1 Å². The van der Waals surface area contributed by atoms with Gasteiger partial charge in [0.25, 0.3) is 5.69 Å². The maximum atomic E-state index is 12.5. The van der Waals surface area contributed by atoms with Crippen molar-refractivity contribution in [3.05, 3.63) is 79.6 Å². The summed E-state index contributed by atoms with van der Waals surface area (Å²) in [6, 6.07) is 12.7. The largest absolute Gasteiger partial charge is 0.497 e. The molecular weight excluding hydrogens is 460 g/mol. The van der Waals surface area contributed by atoms with E-state index in [9.17, 15) is 20.2 Å². The maximum Gasteiger partial charge on any atom is 0.345 e. The summed E-state index contributed by atoms with van der Waals surface area (Å²) in [5, 5.41) is 26.1. The Kier molecular flexibility index (Phi) is 6.24. The average molecular weight is 476 g/mol. The molecule has 34 heavy (non-hydrogen) atoms. The average Bonchev–Trinajstić information content (AvgIpc) is 3.33. The zero-order valence-electron chi connectivity index (χ0n) is 17.9. The topological polar surface area (TPSA) is 141 Å². The summed E-state index contributed by atoms with van der Waals surface area (Å²) in [5.41, 5.74) is 0.746. The van der Waals surface area contributed by atoms with Gasteiger partial charge in [0.1, 0.15) is 33.7 Å². The predicted molar refractivity (Wildman–Crippen MR) is 127 cm³/mol. The Hall–Kier alpha value is -4.69.